The molecule has 0 aliphatic heterocycles. The van der Waals surface area contributed by atoms with E-state index < -0.39 is 0 Å². The molecule has 0 saturated carbocycles. The maximum atomic E-state index is 5.28. The van der Waals surface area contributed by atoms with Crippen molar-refractivity contribution in [1.82, 2.24) is 29.9 Å². The second-order valence-corrected chi connectivity index (χ2v) is 4.12. The van der Waals surface area contributed by atoms with Crippen molar-refractivity contribution in [2.24, 2.45) is 0 Å². The van der Waals surface area contributed by atoms with E-state index in [-0.39, 0.29) is 6.04 Å². The lowest BCUT2D eigenvalue weighted by Crippen LogP contribution is -2.07. The maximum Gasteiger partial charge on any atom is 0.249 e. The van der Waals surface area contributed by atoms with Crippen molar-refractivity contribution in [3.05, 3.63) is 42.4 Å². The molecule has 0 spiro atoms. The van der Waals surface area contributed by atoms with Gasteiger partial charge in [-0.2, -0.15) is 10.1 Å². The van der Waals surface area contributed by atoms with Gasteiger partial charge in [0.15, 0.2) is 0 Å². The summed E-state index contributed by atoms with van der Waals surface area (Å²) in [6, 6.07) is 3.50. The van der Waals surface area contributed by atoms with Gasteiger partial charge in [0.1, 0.15) is 17.6 Å². The summed E-state index contributed by atoms with van der Waals surface area (Å²) in [5, 5.41) is 11.7. The van der Waals surface area contributed by atoms with Gasteiger partial charge >= 0.3 is 0 Å². The molecule has 3 aromatic rings. The van der Waals surface area contributed by atoms with E-state index in [2.05, 4.69) is 25.3 Å². The fourth-order valence-electron chi connectivity index (χ4n) is 1.85. The number of hydrogen-bond acceptors (Lipinski definition) is 6. The number of imidazole rings is 1. The Morgan fingerprint density at radius 3 is 2.89 bits per heavy atom. The Labute approximate surface area is 109 Å². The van der Waals surface area contributed by atoms with Crippen LogP contribution in [-0.2, 0) is 0 Å². The Morgan fingerprint density at radius 2 is 2.21 bits per heavy atom. The van der Waals surface area contributed by atoms with Crippen LogP contribution < -0.4 is 0 Å². The Balaban J connectivity index is 1.92. The van der Waals surface area contributed by atoms with E-state index in [1.807, 2.05) is 24.6 Å². The highest BCUT2D eigenvalue weighted by molar-refractivity contribution is 5.46. The molecule has 19 heavy (non-hydrogen) atoms. The average Bonchev–Trinajstić information content (AvgIpc) is 3.08. The summed E-state index contributed by atoms with van der Waals surface area (Å²) in [7, 11) is 0. The molecule has 7 heteroatoms. The van der Waals surface area contributed by atoms with Gasteiger partial charge in [0.2, 0.25) is 11.7 Å². The van der Waals surface area contributed by atoms with Crippen LogP contribution in [0, 0.1) is 6.92 Å². The summed E-state index contributed by atoms with van der Waals surface area (Å²) in [6.45, 7) is 3.90. The van der Waals surface area contributed by atoms with Gasteiger partial charge in [0.25, 0.3) is 0 Å². The van der Waals surface area contributed by atoms with Crippen LogP contribution in [0.1, 0.15) is 24.7 Å². The third-order valence-electron chi connectivity index (χ3n) is 2.88. The number of aryl methyl sites for hydroxylation is 1. The van der Waals surface area contributed by atoms with Gasteiger partial charge in [0, 0.05) is 18.6 Å². The smallest absolute Gasteiger partial charge is 0.249 e. The lowest BCUT2D eigenvalue weighted by Gasteiger charge is -2.09. The summed E-state index contributed by atoms with van der Waals surface area (Å²) in [4.78, 5) is 8.53. The van der Waals surface area contributed by atoms with Crippen LogP contribution in [0.2, 0.25) is 0 Å². The maximum absolute atomic E-state index is 5.28. The van der Waals surface area contributed by atoms with Gasteiger partial charge in [-0.1, -0.05) is 5.16 Å². The molecule has 0 aliphatic rings. The number of nitrogens with zero attached hydrogens (tertiary/aromatic N) is 6. The van der Waals surface area contributed by atoms with E-state index in [1.165, 1.54) is 0 Å². The molecule has 7 nitrogen and oxygen atoms in total. The predicted octanol–water partition coefficient (Wildman–Crippen LogP) is 1.64. The first-order valence-corrected chi connectivity index (χ1v) is 5.87. The molecular formula is C12H12N6O. The van der Waals surface area contributed by atoms with Gasteiger partial charge in [0.05, 0.1) is 0 Å². The summed E-state index contributed by atoms with van der Waals surface area (Å²) in [5.41, 5.74) is 0.590. The highest BCUT2D eigenvalue weighted by atomic mass is 16.5. The molecule has 3 rings (SSSR count). The van der Waals surface area contributed by atoms with E-state index >= 15 is 0 Å². The van der Waals surface area contributed by atoms with Crippen molar-refractivity contribution >= 4 is 0 Å². The lowest BCUT2D eigenvalue weighted by molar-refractivity contribution is 0.344. The van der Waals surface area contributed by atoms with Crippen LogP contribution in [-0.4, -0.2) is 29.9 Å². The highest BCUT2D eigenvalue weighted by Gasteiger charge is 2.18. The van der Waals surface area contributed by atoms with Crippen LogP contribution in [0.5, 0.6) is 0 Å². The van der Waals surface area contributed by atoms with Crippen LogP contribution in [0.15, 0.2) is 35.2 Å². The third kappa shape index (κ3) is 2.10. The van der Waals surface area contributed by atoms with Gasteiger partial charge in [-0.05, 0) is 26.0 Å². The van der Waals surface area contributed by atoms with Gasteiger partial charge in [-0.3, -0.25) is 0 Å². The zero-order chi connectivity index (χ0) is 13.2. The molecule has 0 bridgehead atoms. The van der Waals surface area contributed by atoms with Gasteiger partial charge in [-0.25, -0.2) is 4.98 Å². The molecule has 1 unspecified atom stereocenters. The summed E-state index contributed by atoms with van der Waals surface area (Å²) < 4.78 is 7.25. The number of hydrogen-bond donors (Lipinski definition) is 0. The fourth-order valence-corrected chi connectivity index (χ4v) is 1.85. The molecule has 3 aromatic heterocycles. The molecule has 0 aromatic carbocycles. The topological polar surface area (TPSA) is 82.5 Å². The monoisotopic (exact) mass is 256 g/mol. The lowest BCUT2D eigenvalue weighted by atomic mass is 10.3. The molecule has 3 heterocycles. The summed E-state index contributed by atoms with van der Waals surface area (Å²) >= 11 is 0. The molecule has 0 fully saturated rings. The van der Waals surface area contributed by atoms with Gasteiger partial charge < -0.3 is 9.09 Å². The fraction of sp³-hybridized carbons (Fsp3) is 0.250. The molecule has 96 valence electrons. The SMILES string of the molecule is Cc1nccn1C(C)c1nc(-c2cccnn2)no1. The Bertz CT molecular complexity index is 674. The summed E-state index contributed by atoms with van der Waals surface area (Å²) in [6.07, 6.45) is 5.22. The number of rotatable bonds is 3. The Morgan fingerprint density at radius 1 is 1.32 bits per heavy atom. The first kappa shape index (κ1) is 11.5. The minimum Gasteiger partial charge on any atom is -0.337 e. The normalized spacial score (nSPS) is 12.5. The van der Waals surface area contributed by atoms with E-state index in [0.717, 1.165) is 5.82 Å². The molecule has 1 atom stereocenters. The minimum absolute atomic E-state index is 0.0691. The summed E-state index contributed by atoms with van der Waals surface area (Å²) in [5.74, 6) is 1.85. The molecular weight excluding hydrogens is 244 g/mol. The first-order chi connectivity index (χ1) is 9.25. The molecule has 0 amide bonds. The highest BCUT2D eigenvalue weighted by Crippen LogP contribution is 2.20. The largest absolute Gasteiger partial charge is 0.337 e. The molecule has 0 N–H and O–H groups in total. The van der Waals surface area contributed by atoms with E-state index in [4.69, 9.17) is 4.52 Å². The zero-order valence-electron chi connectivity index (χ0n) is 10.6. The number of aromatic nitrogens is 6. The average molecular weight is 256 g/mol. The van der Waals surface area contributed by atoms with Crippen molar-refractivity contribution in [2.75, 3.05) is 0 Å². The van der Waals surface area contributed by atoms with Crippen LogP contribution in [0.3, 0.4) is 0 Å². The van der Waals surface area contributed by atoms with Crippen molar-refractivity contribution in [2.45, 2.75) is 19.9 Å². The third-order valence-corrected chi connectivity index (χ3v) is 2.88. The van der Waals surface area contributed by atoms with Crippen molar-refractivity contribution in [3.8, 4) is 11.5 Å². The van der Waals surface area contributed by atoms with Gasteiger partial charge in [-0.15, -0.1) is 5.10 Å². The molecule has 0 saturated heterocycles. The first-order valence-electron chi connectivity index (χ1n) is 5.87. The standard InChI is InChI=1S/C12H12N6O/c1-8(18-7-6-13-9(18)2)12-15-11(17-19-12)10-4-3-5-14-16-10/h3-8H,1-2H3. The Kier molecular flexibility index (Phi) is 2.79. The molecule has 0 radical (unpaired) electrons. The second-order valence-electron chi connectivity index (χ2n) is 4.12. The van der Waals surface area contributed by atoms with Crippen molar-refractivity contribution < 1.29 is 4.52 Å². The molecule has 0 aliphatic carbocycles. The van der Waals surface area contributed by atoms with Crippen LogP contribution in [0.25, 0.3) is 11.5 Å². The van der Waals surface area contributed by atoms with Crippen LogP contribution in [0.4, 0.5) is 0 Å². The van der Waals surface area contributed by atoms with Crippen molar-refractivity contribution in [1.29, 1.82) is 0 Å². The van der Waals surface area contributed by atoms with E-state index in [9.17, 15) is 0 Å². The van der Waals surface area contributed by atoms with E-state index in [1.54, 1.807) is 24.5 Å². The minimum atomic E-state index is -0.0691. The predicted molar refractivity (Wildman–Crippen MR) is 66.1 cm³/mol. The quantitative estimate of drug-likeness (QED) is 0.708. The van der Waals surface area contributed by atoms with Crippen molar-refractivity contribution in [3.63, 3.8) is 0 Å². The van der Waals surface area contributed by atoms with Crippen LogP contribution >= 0.6 is 0 Å². The zero-order valence-corrected chi connectivity index (χ0v) is 10.6. The Hall–Kier alpha value is -2.57. The second kappa shape index (κ2) is 4.60. The van der Waals surface area contributed by atoms with E-state index in [0.29, 0.717) is 17.4 Å².